The molecule has 5 heteroatoms. The predicted octanol–water partition coefficient (Wildman–Crippen LogP) is 2.62. The Morgan fingerprint density at radius 1 is 1.53 bits per heavy atom. The number of aryl methyl sites for hydroxylation is 1. The molecule has 0 spiro atoms. The molecule has 2 rings (SSSR count). The van der Waals surface area contributed by atoms with Gasteiger partial charge in [0.2, 0.25) is 0 Å². The van der Waals surface area contributed by atoms with Gasteiger partial charge >= 0.3 is 0 Å². The number of rotatable bonds is 6. The van der Waals surface area contributed by atoms with Gasteiger partial charge in [0, 0.05) is 25.1 Å². The fourth-order valence-electron chi connectivity index (χ4n) is 2.43. The second-order valence-electron chi connectivity index (χ2n) is 5.55. The van der Waals surface area contributed by atoms with Crippen LogP contribution in [-0.2, 0) is 11.2 Å². The third-order valence-electron chi connectivity index (χ3n) is 3.33. The third kappa shape index (κ3) is 3.68. The lowest BCUT2D eigenvalue weighted by atomic mass is 10.0. The van der Waals surface area contributed by atoms with Crippen molar-refractivity contribution in [3.05, 3.63) is 10.6 Å². The van der Waals surface area contributed by atoms with Gasteiger partial charge in [0.05, 0.1) is 18.4 Å². The van der Waals surface area contributed by atoms with Crippen LogP contribution in [0.2, 0.25) is 0 Å². The fraction of sp³-hybridized carbons (Fsp3) is 0.786. The molecule has 0 saturated heterocycles. The van der Waals surface area contributed by atoms with E-state index in [-0.39, 0.29) is 6.10 Å². The molecule has 1 heterocycles. The maximum absolute atomic E-state index is 10.0. The monoisotopic (exact) mass is 284 g/mol. The second kappa shape index (κ2) is 6.68. The Labute approximate surface area is 119 Å². The van der Waals surface area contributed by atoms with E-state index in [1.807, 2.05) is 0 Å². The normalized spacial score (nSPS) is 18.7. The number of hydrogen-bond acceptors (Lipinski definition) is 5. The molecular formula is C14H24N2O2S. The number of hydrogen-bond donors (Lipinski definition) is 1. The van der Waals surface area contributed by atoms with Crippen molar-refractivity contribution < 1.29 is 9.84 Å². The molecule has 19 heavy (non-hydrogen) atoms. The molecular weight excluding hydrogens is 260 g/mol. The van der Waals surface area contributed by atoms with E-state index in [4.69, 9.17) is 4.74 Å². The van der Waals surface area contributed by atoms with Gasteiger partial charge in [-0.15, -0.1) is 11.3 Å². The largest absolute Gasteiger partial charge is 0.387 e. The molecule has 1 aromatic heterocycles. The van der Waals surface area contributed by atoms with Gasteiger partial charge in [0.25, 0.3) is 0 Å². The van der Waals surface area contributed by atoms with Crippen molar-refractivity contribution in [2.24, 2.45) is 5.92 Å². The molecule has 0 saturated carbocycles. The van der Waals surface area contributed by atoms with Gasteiger partial charge in [-0.3, -0.25) is 0 Å². The molecule has 0 amide bonds. The highest BCUT2D eigenvalue weighted by Gasteiger charge is 2.24. The summed E-state index contributed by atoms with van der Waals surface area (Å²) in [5.41, 5.74) is 0.914. The van der Waals surface area contributed by atoms with Crippen LogP contribution in [-0.4, -0.2) is 36.9 Å². The number of nitrogens with zero attached hydrogens (tertiary/aromatic N) is 2. The van der Waals surface area contributed by atoms with Crippen molar-refractivity contribution in [2.45, 2.75) is 39.2 Å². The summed E-state index contributed by atoms with van der Waals surface area (Å²) in [6.07, 6.45) is 2.61. The zero-order valence-electron chi connectivity index (χ0n) is 12.1. The predicted molar refractivity (Wildman–Crippen MR) is 78.9 cm³/mol. The first-order valence-corrected chi connectivity index (χ1v) is 7.85. The lowest BCUT2D eigenvalue weighted by molar-refractivity contribution is 0.153. The molecule has 1 aliphatic rings. The molecule has 1 aliphatic carbocycles. The summed E-state index contributed by atoms with van der Waals surface area (Å²) >= 11 is 1.74. The Hall–Kier alpha value is -0.650. The van der Waals surface area contributed by atoms with Crippen LogP contribution in [0.4, 0.5) is 5.13 Å². The first-order chi connectivity index (χ1) is 9.11. The highest BCUT2D eigenvalue weighted by molar-refractivity contribution is 7.15. The van der Waals surface area contributed by atoms with Gasteiger partial charge in [0.1, 0.15) is 0 Å². The molecule has 1 unspecified atom stereocenters. The lowest BCUT2D eigenvalue weighted by Crippen LogP contribution is -2.30. The van der Waals surface area contributed by atoms with Crippen LogP contribution in [0.5, 0.6) is 0 Å². The molecule has 0 aliphatic heterocycles. The molecule has 1 N–H and O–H groups in total. The Morgan fingerprint density at radius 2 is 2.32 bits per heavy atom. The van der Waals surface area contributed by atoms with E-state index < -0.39 is 0 Å². The van der Waals surface area contributed by atoms with Crippen molar-refractivity contribution in [1.82, 2.24) is 4.98 Å². The number of anilines is 1. The zero-order valence-corrected chi connectivity index (χ0v) is 12.9. The van der Waals surface area contributed by atoms with Crippen molar-refractivity contribution in [1.29, 1.82) is 0 Å². The van der Waals surface area contributed by atoms with E-state index in [0.717, 1.165) is 43.2 Å². The molecule has 1 atom stereocenters. The third-order valence-corrected chi connectivity index (χ3v) is 4.53. The highest BCUT2D eigenvalue weighted by Crippen LogP contribution is 2.36. The van der Waals surface area contributed by atoms with Crippen molar-refractivity contribution in [3.8, 4) is 0 Å². The molecule has 1 aromatic rings. The first-order valence-electron chi connectivity index (χ1n) is 7.03. The maximum Gasteiger partial charge on any atom is 0.185 e. The minimum Gasteiger partial charge on any atom is -0.387 e. The Morgan fingerprint density at radius 3 is 2.95 bits per heavy atom. The van der Waals surface area contributed by atoms with Gasteiger partial charge in [-0.2, -0.15) is 0 Å². The van der Waals surface area contributed by atoms with E-state index in [0.29, 0.717) is 12.5 Å². The average Bonchev–Trinajstić information content (AvgIpc) is 2.79. The summed E-state index contributed by atoms with van der Waals surface area (Å²) in [7, 11) is 1.73. The van der Waals surface area contributed by atoms with E-state index in [9.17, 15) is 5.11 Å². The van der Waals surface area contributed by atoms with Crippen molar-refractivity contribution >= 4 is 16.5 Å². The molecule has 4 nitrogen and oxygen atoms in total. The first kappa shape index (κ1) is 14.8. The summed E-state index contributed by atoms with van der Waals surface area (Å²) in [6.45, 7) is 6.97. The molecule has 108 valence electrons. The average molecular weight is 284 g/mol. The van der Waals surface area contributed by atoms with Gasteiger partial charge in [0.15, 0.2) is 5.13 Å². The highest BCUT2D eigenvalue weighted by atomic mass is 32.1. The molecule has 0 fully saturated rings. The summed E-state index contributed by atoms with van der Waals surface area (Å²) in [5.74, 6) is 0.586. The van der Waals surface area contributed by atoms with Gasteiger partial charge in [-0.25, -0.2) is 4.98 Å². The quantitative estimate of drug-likeness (QED) is 0.872. The van der Waals surface area contributed by atoms with Crippen LogP contribution in [0, 0.1) is 5.92 Å². The zero-order chi connectivity index (χ0) is 13.8. The molecule has 0 bridgehead atoms. The topological polar surface area (TPSA) is 45.6 Å². The number of aromatic nitrogens is 1. The number of fused-ring (bicyclic) bond motifs is 1. The van der Waals surface area contributed by atoms with Gasteiger partial charge in [-0.1, -0.05) is 13.8 Å². The second-order valence-corrected chi connectivity index (χ2v) is 6.61. The van der Waals surface area contributed by atoms with Crippen LogP contribution >= 0.6 is 11.3 Å². The van der Waals surface area contributed by atoms with E-state index in [1.165, 1.54) is 4.88 Å². The van der Waals surface area contributed by atoms with Crippen LogP contribution < -0.4 is 4.90 Å². The Kier molecular flexibility index (Phi) is 5.19. The van der Waals surface area contributed by atoms with Gasteiger partial charge < -0.3 is 14.7 Å². The van der Waals surface area contributed by atoms with E-state index in [1.54, 1.807) is 18.4 Å². The maximum atomic E-state index is 10.0. The van der Waals surface area contributed by atoms with Crippen LogP contribution in [0.15, 0.2) is 0 Å². The van der Waals surface area contributed by atoms with Crippen LogP contribution in [0.3, 0.4) is 0 Å². The molecule has 0 radical (unpaired) electrons. The summed E-state index contributed by atoms with van der Waals surface area (Å²) in [5, 5.41) is 11.1. The number of aliphatic hydroxyl groups is 1. The summed E-state index contributed by atoms with van der Waals surface area (Å²) < 4.78 is 5.18. The molecule has 0 aromatic carbocycles. The van der Waals surface area contributed by atoms with Crippen LogP contribution in [0.25, 0.3) is 0 Å². The SMILES string of the molecule is COCCN(CC(C)C)c1nc2c(s1)CCCC2O. The van der Waals surface area contributed by atoms with Crippen molar-refractivity contribution in [2.75, 3.05) is 31.7 Å². The van der Waals surface area contributed by atoms with E-state index in [2.05, 4.69) is 23.7 Å². The van der Waals surface area contributed by atoms with Gasteiger partial charge in [-0.05, 0) is 25.2 Å². The minimum atomic E-state index is -0.364. The Balaban J connectivity index is 2.16. The summed E-state index contributed by atoms with van der Waals surface area (Å²) in [6, 6.07) is 0. The number of methoxy groups -OCH3 is 1. The van der Waals surface area contributed by atoms with Crippen LogP contribution in [0.1, 0.15) is 43.4 Å². The minimum absolute atomic E-state index is 0.364. The van der Waals surface area contributed by atoms with Crippen molar-refractivity contribution in [3.63, 3.8) is 0 Å². The Bertz CT molecular complexity index is 406. The smallest absolute Gasteiger partial charge is 0.185 e. The summed E-state index contributed by atoms with van der Waals surface area (Å²) in [4.78, 5) is 8.22. The number of ether oxygens (including phenoxy) is 1. The lowest BCUT2D eigenvalue weighted by Gasteiger charge is -2.23. The van der Waals surface area contributed by atoms with E-state index >= 15 is 0 Å². The number of aliphatic hydroxyl groups excluding tert-OH is 1. The fourth-order valence-corrected chi connectivity index (χ4v) is 3.62. The number of thiazole rings is 1. The standard InChI is InChI=1S/C14H24N2O2S/c1-10(2)9-16(7-8-18-3)14-15-13-11(17)5-4-6-12(13)19-14/h10-11,17H,4-9H2,1-3H3.